The minimum Gasteiger partial charge on any atom is -0.507 e. The Hall–Kier alpha value is -2.89. The van der Waals surface area contributed by atoms with Gasteiger partial charge in [-0.15, -0.1) is 0 Å². The van der Waals surface area contributed by atoms with Crippen molar-refractivity contribution in [3.63, 3.8) is 0 Å². The molecule has 0 heterocycles. The number of halogens is 2. The summed E-state index contributed by atoms with van der Waals surface area (Å²) in [7, 11) is 1.31. The highest BCUT2D eigenvalue weighted by molar-refractivity contribution is 6.11. The molecule has 24 heavy (non-hydrogen) atoms. The first kappa shape index (κ1) is 17.5. The Morgan fingerprint density at radius 1 is 1.08 bits per heavy atom. The van der Waals surface area contributed by atoms with Gasteiger partial charge < -0.3 is 14.9 Å². The predicted molar refractivity (Wildman–Crippen MR) is 85.5 cm³/mol. The molecule has 2 N–H and O–H groups in total. The van der Waals surface area contributed by atoms with E-state index in [2.05, 4.69) is 0 Å². The van der Waals surface area contributed by atoms with Gasteiger partial charge in [0.2, 0.25) is 0 Å². The van der Waals surface area contributed by atoms with E-state index in [0.29, 0.717) is 5.56 Å². The van der Waals surface area contributed by atoms with Crippen LogP contribution >= 0.6 is 0 Å². The fraction of sp³-hybridized carbons (Fsp3) is 0.167. The molecule has 0 saturated heterocycles. The van der Waals surface area contributed by atoms with Gasteiger partial charge in [0.15, 0.2) is 17.4 Å². The maximum absolute atomic E-state index is 13.2. The number of ether oxygens (including phenoxy) is 1. The average molecular weight is 334 g/mol. The van der Waals surface area contributed by atoms with Crippen molar-refractivity contribution in [2.75, 3.05) is 7.11 Å². The number of hydrogen-bond acceptors (Lipinski definition) is 4. The lowest BCUT2D eigenvalue weighted by atomic mass is 9.98. The lowest BCUT2D eigenvalue weighted by Crippen LogP contribution is -2.03. The first-order chi connectivity index (χ1) is 11.3. The molecule has 0 bridgehead atoms. The van der Waals surface area contributed by atoms with E-state index < -0.39 is 23.2 Å². The standard InChI is InChI=1S/C18H16F2O4/c1-9-16(22)10(2)18(24-3)15(17(9)23)14(21)7-5-11-4-6-12(19)13(20)8-11/h4-8,22-23H,1-3H3. The molecule has 2 rings (SSSR count). The van der Waals surface area contributed by atoms with Gasteiger partial charge >= 0.3 is 0 Å². The molecule has 6 heteroatoms. The smallest absolute Gasteiger partial charge is 0.193 e. The number of benzene rings is 2. The van der Waals surface area contributed by atoms with Crippen molar-refractivity contribution in [1.82, 2.24) is 0 Å². The number of allylic oxidation sites excluding steroid dienone is 1. The summed E-state index contributed by atoms with van der Waals surface area (Å²) >= 11 is 0. The van der Waals surface area contributed by atoms with E-state index in [-0.39, 0.29) is 28.2 Å². The highest BCUT2D eigenvalue weighted by Gasteiger charge is 2.23. The molecule has 0 saturated carbocycles. The van der Waals surface area contributed by atoms with Gasteiger partial charge in [-0.2, -0.15) is 0 Å². The molecule has 4 nitrogen and oxygen atoms in total. The third kappa shape index (κ3) is 3.08. The maximum Gasteiger partial charge on any atom is 0.193 e. The number of phenolic OH excluding ortho intramolecular Hbond substituents is 2. The molecule has 0 unspecified atom stereocenters. The molecule has 0 fully saturated rings. The van der Waals surface area contributed by atoms with Gasteiger partial charge in [0.25, 0.3) is 0 Å². The van der Waals surface area contributed by atoms with Crippen molar-refractivity contribution in [3.8, 4) is 17.2 Å². The minimum absolute atomic E-state index is 0.0514. The van der Waals surface area contributed by atoms with Crippen LogP contribution in [0.3, 0.4) is 0 Å². The summed E-state index contributed by atoms with van der Waals surface area (Å²) in [5.41, 5.74) is 0.646. The van der Waals surface area contributed by atoms with Crippen molar-refractivity contribution in [2.24, 2.45) is 0 Å². The summed E-state index contributed by atoms with van der Waals surface area (Å²) in [6, 6.07) is 3.21. The van der Waals surface area contributed by atoms with Crippen LogP contribution in [0.4, 0.5) is 8.78 Å². The number of carbonyl (C=O) groups excluding carboxylic acids is 1. The molecule has 0 spiro atoms. The Bertz CT molecular complexity index is 842. The van der Waals surface area contributed by atoms with Crippen LogP contribution in [0.25, 0.3) is 6.08 Å². The van der Waals surface area contributed by atoms with Gasteiger partial charge in [0, 0.05) is 11.1 Å². The first-order valence-corrected chi connectivity index (χ1v) is 7.04. The monoisotopic (exact) mass is 334 g/mol. The molecule has 0 aromatic heterocycles. The molecular weight excluding hydrogens is 318 g/mol. The largest absolute Gasteiger partial charge is 0.507 e. The highest BCUT2D eigenvalue weighted by Crippen LogP contribution is 2.41. The van der Waals surface area contributed by atoms with Crippen LogP contribution in [0.5, 0.6) is 17.2 Å². The van der Waals surface area contributed by atoms with Crippen molar-refractivity contribution in [2.45, 2.75) is 13.8 Å². The van der Waals surface area contributed by atoms with Crippen LogP contribution in [-0.2, 0) is 0 Å². The Labute approximate surface area is 137 Å². The van der Waals surface area contributed by atoms with E-state index in [1.54, 1.807) is 6.92 Å². The van der Waals surface area contributed by atoms with E-state index in [0.717, 1.165) is 18.2 Å². The van der Waals surface area contributed by atoms with E-state index in [4.69, 9.17) is 4.74 Å². The SMILES string of the molecule is COc1c(C)c(O)c(C)c(O)c1C(=O)C=Cc1ccc(F)c(F)c1. The second-order valence-corrected chi connectivity index (χ2v) is 5.23. The molecule has 0 aliphatic rings. The van der Waals surface area contributed by atoms with Gasteiger partial charge in [-0.05, 0) is 37.6 Å². The summed E-state index contributed by atoms with van der Waals surface area (Å²) < 4.78 is 31.2. The van der Waals surface area contributed by atoms with Crippen LogP contribution in [0.2, 0.25) is 0 Å². The molecule has 126 valence electrons. The van der Waals surface area contributed by atoms with E-state index in [1.165, 1.54) is 26.2 Å². The average Bonchev–Trinajstić information content (AvgIpc) is 2.56. The Kier molecular flexibility index (Phi) is 4.87. The summed E-state index contributed by atoms with van der Waals surface area (Å²) in [5, 5.41) is 20.1. The van der Waals surface area contributed by atoms with Gasteiger partial charge in [-0.1, -0.05) is 12.1 Å². The molecule has 0 amide bonds. The van der Waals surface area contributed by atoms with E-state index >= 15 is 0 Å². The van der Waals surface area contributed by atoms with Crippen LogP contribution in [-0.4, -0.2) is 23.1 Å². The van der Waals surface area contributed by atoms with E-state index in [1.807, 2.05) is 0 Å². The van der Waals surface area contributed by atoms with Crippen molar-refractivity contribution >= 4 is 11.9 Å². The zero-order chi connectivity index (χ0) is 18.0. The first-order valence-electron chi connectivity index (χ1n) is 7.04. The van der Waals surface area contributed by atoms with Gasteiger partial charge in [0.05, 0.1) is 7.11 Å². The number of phenols is 2. The quantitative estimate of drug-likeness (QED) is 0.657. The Morgan fingerprint density at radius 3 is 2.33 bits per heavy atom. The number of ketones is 1. The summed E-state index contributed by atoms with van der Waals surface area (Å²) in [6.45, 7) is 3.02. The molecule has 0 aliphatic heterocycles. The molecule has 0 aliphatic carbocycles. The summed E-state index contributed by atoms with van der Waals surface area (Å²) in [5.74, 6) is -3.11. The lowest BCUT2D eigenvalue weighted by Gasteiger charge is -2.15. The number of carbonyl (C=O) groups is 1. The van der Waals surface area contributed by atoms with Crippen LogP contribution in [0.15, 0.2) is 24.3 Å². The highest BCUT2D eigenvalue weighted by atomic mass is 19.2. The second kappa shape index (κ2) is 6.70. The lowest BCUT2D eigenvalue weighted by molar-refractivity contribution is 0.104. The third-order valence-corrected chi connectivity index (χ3v) is 3.69. The molecule has 2 aromatic carbocycles. The third-order valence-electron chi connectivity index (χ3n) is 3.69. The van der Waals surface area contributed by atoms with Crippen molar-refractivity contribution < 1.29 is 28.5 Å². The van der Waals surface area contributed by atoms with Crippen molar-refractivity contribution in [1.29, 1.82) is 0 Å². The fourth-order valence-corrected chi connectivity index (χ4v) is 2.34. The van der Waals surface area contributed by atoms with Gasteiger partial charge in [0.1, 0.15) is 22.8 Å². The zero-order valence-electron chi connectivity index (χ0n) is 13.4. The Morgan fingerprint density at radius 2 is 1.75 bits per heavy atom. The minimum atomic E-state index is -1.03. The zero-order valence-corrected chi connectivity index (χ0v) is 13.4. The molecule has 2 aromatic rings. The molecule has 0 atom stereocenters. The number of hydrogen-bond donors (Lipinski definition) is 2. The normalized spacial score (nSPS) is 11.0. The Balaban J connectivity index is 2.46. The van der Waals surface area contributed by atoms with Crippen LogP contribution in [0, 0.1) is 25.5 Å². The van der Waals surface area contributed by atoms with Crippen LogP contribution < -0.4 is 4.74 Å². The predicted octanol–water partition coefficient (Wildman–Crippen LogP) is 3.90. The molecular formula is C18H16F2O4. The maximum atomic E-state index is 13.2. The van der Waals surface area contributed by atoms with Crippen LogP contribution in [0.1, 0.15) is 27.0 Å². The van der Waals surface area contributed by atoms with Gasteiger partial charge in [-0.25, -0.2) is 8.78 Å². The number of rotatable bonds is 4. The fourth-order valence-electron chi connectivity index (χ4n) is 2.34. The number of aromatic hydroxyl groups is 2. The topological polar surface area (TPSA) is 66.8 Å². The molecule has 0 radical (unpaired) electrons. The van der Waals surface area contributed by atoms with Gasteiger partial charge in [-0.3, -0.25) is 4.79 Å². The summed E-state index contributed by atoms with van der Waals surface area (Å²) in [6.07, 6.45) is 2.40. The van der Waals surface area contributed by atoms with Crippen molar-refractivity contribution in [3.05, 3.63) is 58.2 Å². The second-order valence-electron chi connectivity index (χ2n) is 5.23. The summed E-state index contributed by atoms with van der Waals surface area (Å²) in [4.78, 5) is 12.4. The number of methoxy groups -OCH3 is 1. The van der Waals surface area contributed by atoms with E-state index in [9.17, 15) is 23.8 Å².